The molecule has 156 valence electrons. The molecule has 3 aromatic carbocycles. The zero-order valence-electron chi connectivity index (χ0n) is 15.6. The van der Waals surface area contributed by atoms with Gasteiger partial charge in [-0.15, -0.1) is 0 Å². The van der Waals surface area contributed by atoms with Crippen molar-refractivity contribution in [2.75, 3.05) is 11.9 Å². The molecule has 2 N–H and O–H groups in total. The molecule has 3 rings (SSSR count). The molecular weight excluding hydrogens is 492 g/mol. The predicted octanol–water partition coefficient (Wildman–Crippen LogP) is 4.60. The minimum atomic E-state index is -3.75. The first-order chi connectivity index (χ1) is 14.3. The number of rotatable bonds is 8. The third kappa shape index (κ3) is 6.30. The SMILES string of the molecule is O=C(COc1ccc(S(=O)(=O)NCc2ccccc2)cc1Cl)Nc1cccc(Br)c1. The van der Waals surface area contributed by atoms with Gasteiger partial charge in [0.15, 0.2) is 6.61 Å². The van der Waals surface area contributed by atoms with Crippen LogP contribution in [0.5, 0.6) is 5.75 Å². The van der Waals surface area contributed by atoms with Crippen LogP contribution in [0.25, 0.3) is 0 Å². The van der Waals surface area contributed by atoms with Crippen LogP contribution in [0.15, 0.2) is 82.2 Å². The van der Waals surface area contributed by atoms with Crippen LogP contribution in [0.2, 0.25) is 5.02 Å². The number of benzene rings is 3. The third-order valence-electron chi connectivity index (χ3n) is 3.99. The van der Waals surface area contributed by atoms with Crippen LogP contribution in [-0.4, -0.2) is 20.9 Å². The fourth-order valence-electron chi connectivity index (χ4n) is 2.53. The van der Waals surface area contributed by atoms with Crippen molar-refractivity contribution in [3.05, 3.63) is 87.9 Å². The Kier molecular flexibility index (Phi) is 7.49. The molecule has 0 atom stereocenters. The smallest absolute Gasteiger partial charge is 0.262 e. The monoisotopic (exact) mass is 508 g/mol. The first-order valence-electron chi connectivity index (χ1n) is 8.85. The number of sulfonamides is 1. The average Bonchev–Trinajstić information content (AvgIpc) is 2.72. The largest absolute Gasteiger partial charge is 0.482 e. The van der Waals surface area contributed by atoms with Gasteiger partial charge in [-0.2, -0.15) is 0 Å². The van der Waals surface area contributed by atoms with Gasteiger partial charge in [0.05, 0.1) is 9.92 Å². The maximum atomic E-state index is 12.5. The summed E-state index contributed by atoms with van der Waals surface area (Å²) in [5, 5.41) is 2.79. The minimum absolute atomic E-state index is 0.00867. The number of anilines is 1. The molecule has 9 heteroatoms. The van der Waals surface area contributed by atoms with E-state index in [1.807, 2.05) is 36.4 Å². The van der Waals surface area contributed by atoms with Crippen LogP contribution in [0, 0.1) is 0 Å². The van der Waals surface area contributed by atoms with E-state index in [2.05, 4.69) is 26.0 Å². The number of halogens is 2. The Morgan fingerprint density at radius 3 is 2.47 bits per heavy atom. The summed E-state index contributed by atoms with van der Waals surface area (Å²) in [6.07, 6.45) is 0. The van der Waals surface area contributed by atoms with Crippen molar-refractivity contribution in [3.8, 4) is 5.75 Å². The Morgan fingerprint density at radius 1 is 1.00 bits per heavy atom. The molecule has 6 nitrogen and oxygen atoms in total. The standard InChI is InChI=1S/C21H18BrClN2O4S/c22-16-7-4-8-17(11-16)25-21(26)14-29-20-10-9-18(12-19(20)23)30(27,28)24-13-15-5-2-1-3-6-15/h1-12,24H,13-14H2,(H,25,26). The lowest BCUT2D eigenvalue weighted by molar-refractivity contribution is -0.118. The second-order valence-electron chi connectivity index (χ2n) is 6.25. The molecule has 0 aromatic heterocycles. The summed E-state index contributed by atoms with van der Waals surface area (Å²) in [6.45, 7) is -0.112. The molecule has 0 aliphatic carbocycles. The van der Waals surface area contributed by atoms with Crippen molar-refractivity contribution in [1.82, 2.24) is 4.72 Å². The van der Waals surface area contributed by atoms with Gasteiger partial charge in [0, 0.05) is 16.7 Å². The molecule has 0 fully saturated rings. The zero-order valence-corrected chi connectivity index (χ0v) is 18.8. The maximum Gasteiger partial charge on any atom is 0.262 e. The van der Waals surface area contributed by atoms with E-state index in [0.717, 1.165) is 10.0 Å². The lowest BCUT2D eigenvalue weighted by Gasteiger charge is -2.11. The summed E-state index contributed by atoms with van der Waals surface area (Å²) in [7, 11) is -3.75. The van der Waals surface area contributed by atoms with Gasteiger partial charge in [-0.3, -0.25) is 4.79 Å². The van der Waals surface area contributed by atoms with Crippen molar-refractivity contribution in [2.24, 2.45) is 0 Å². The quantitative estimate of drug-likeness (QED) is 0.465. The first kappa shape index (κ1) is 22.3. The molecule has 0 saturated heterocycles. The number of carbonyl (C=O) groups excluding carboxylic acids is 1. The highest BCUT2D eigenvalue weighted by atomic mass is 79.9. The Labute approximate surface area is 188 Å². The van der Waals surface area contributed by atoms with Gasteiger partial charge in [0.25, 0.3) is 5.91 Å². The van der Waals surface area contributed by atoms with E-state index in [-0.39, 0.29) is 34.7 Å². The summed E-state index contributed by atoms with van der Waals surface area (Å²) in [5.74, 6) is -0.159. The minimum Gasteiger partial charge on any atom is -0.482 e. The molecule has 3 aromatic rings. The molecule has 0 bridgehead atoms. The van der Waals surface area contributed by atoms with Crippen LogP contribution in [0.3, 0.4) is 0 Å². The summed E-state index contributed by atoms with van der Waals surface area (Å²) >= 11 is 9.49. The molecular formula is C21H18BrClN2O4S. The third-order valence-corrected chi connectivity index (χ3v) is 6.18. The number of ether oxygens (including phenoxy) is 1. The highest BCUT2D eigenvalue weighted by molar-refractivity contribution is 9.10. The van der Waals surface area contributed by atoms with Crippen molar-refractivity contribution >= 4 is 49.1 Å². The van der Waals surface area contributed by atoms with Crippen LogP contribution in [0.4, 0.5) is 5.69 Å². The van der Waals surface area contributed by atoms with Gasteiger partial charge in [0.1, 0.15) is 5.75 Å². The van der Waals surface area contributed by atoms with Gasteiger partial charge >= 0.3 is 0 Å². The van der Waals surface area contributed by atoms with Crippen LogP contribution in [0.1, 0.15) is 5.56 Å². The highest BCUT2D eigenvalue weighted by Gasteiger charge is 2.16. The van der Waals surface area contributed by atoms with Gasteiger partial charge in [0.2, 0.25) is 10.0 Å². The van der Waals surface area contributed by atoms with Crippen molar-refractivity contribution < 1.29 is 17.9 Å². The van der Waals surface area contributed by atoms with Crippen LogP contribution >= 0.6 is 27.5 Å². The molecule has 0 radical (unpaired) electrons. The number of amides is 1. The van der Waals surface area contributed by atoms with E-state index < -0.39 is 10.0 Å². The van der Waals surface area contributed by atoms with Crippen molar-refractivity contribution in [2.45, 2.75) is 11.4 Å². The fraction of sp³-hybridized carbons (Fsp3) is 0.0952. The number of hydrogen-bond donors (Lipinski definition) is 2. The van der Waals surface area contributed by atoms with E-state index >= 15 is 0 Å². The Bertz CT molecular complexity index is 1140. The molecule has 0 aliphatic rings. The molecule has 0 aliphatic heterocycles. The Balaban J connectivity index is 1.59. The summed E-state index contributed by atoms with van der Waals surface area (Å²) in [4.78, 5) is 12.1. The van der Waals surface area contributed by atoms with Crippen LogP contribution < -0.4 is 14.8 Å². The Hall–Kier alpha value is -2.39. The molecule has 0 unspecified atom stereocenters. The van der Waals surface area contributed by atoms with E-state index in [0.29, 0.717) is 5.69 Å². The first-order valence-corrected chi connectivity index (χ1v) is 11.5. The average molecular weight is 510 g/mol. The second kappa shape index (κ2) is 10.1. The Morgan fingerprint density at radius 2 is 1.77 bits per heavy atom. The van der Waals surface area contributed by atoms with Gasteiger partial charge < -0.3 is 10.1 Å². The molecule has 0 heterocycles. The molecule has 0 saturated carbocycles. The predicted molar refractivity (Wildman–Crippen MR) is 120 cm³/mol. The zero-order chi connectivity index (χ0) is 21.6. The normalized spacial score (nSPS) is 11.1. The van der Waals surface area contributed by atoms with Gasteiger partial charge in [-0.1, -0.05) is 63.9 Å². The topological polar surface area (TPSA) is 84.5 Å². The molecule has 0 spiro atoms. The molecule has 1 amide bonds. The fourth-order valence-corrected chi connectivity index (χ4v) is 4.27. The lowest BCUT2D eigenvalue weighted by Crippen LogP contribution is -2.23. The summed E-state index contributed by atoms with van der Waals surface area (Å²) in [5.41, 5.74) is 1.46. The van der Waals surface area contributed by atoms with Gasteiger partial charge in [-0.05, 0) is 42.0 Å². The number of nitrogens with one attached hydrogen (secondary N) is 2. The molecule has 30 heavy (non-hydrogen) atoms. The van der Waals surface area contributed by atoms with E-state index in [9.17, 15) is 13.2 Å². The van der Waals surface area contributed by atoms with E-state index in [4.69, 9.17) is 16.3 Å². The second-order valence-corrected chi connectivity index (χ2v) is 9.34. The van der Waals surface area contributed by atoms with Crippen molar-refractivity contribution in [3.63, 3.8) is 0 Å². The van der Waals surface area contributed by atoms with E-state index in [1.54, 1.807) is 18.2 Å². The highest BCUT2D eigenvalue weighted by Crippen LogP contribution is 2.27. The summed E-state index contributed by atoms with van der Waals surface area (Å²) < 4.78 is 33.8. The maximum absolute atomic E-state index is 12.5. The van der Waals surface area contributed by atoms with E-state index in [1.165, 1.54) is 18.2 Å². The van der Waals surface area contributed by atoms with Crippen LogP contribution in [-0.2, 0) is 21.4 Å². The number of hydrogen-bond acceptors (Lipinski definition) is 4. The lowest BCUT2D eigenvalue weighted by atomic mass is 10.2. The number of carbonyl (C=O) groups is 1. The van der Waals surface area contributed by atoms with Crippen molar-refractivity contribution in [1.29, 1.82) is 0 Å². The summed E-state index contributed by atoms with van der Waals surface area (Å²) in [6, 6.07) is 20.4. The van der Waals surface area contributed by atoms with Gasteiger partial charge in [-0.25, -0.2) is 13.1 Å².